The maximum atomic E-state index is 12.6. The molecule has 1 aliphatic rings. The summed E-state index contributed by atoms with van der Waals surface area (Å²) in [5.41, 5.74) is 1.97. The summed E-state index contributed by atoms with van der Waals surface area (Å²) in [6.45, 7) is 1.66. The average molecular weight is 286 g/mol. The minimum atomic E-state index is -2.22. The topological polar surface area (TPSA) is 52.4 Å². The van der Waals surface area contributed by atoms with E-state index in [9.17, 15) is 9.77 Å². The molecule has 0 aliphatic carbocycles. The molecule has 1 unspecified atom stereocenters. The van der Waals surface area contributed by atoms with Gasteiger partial charge in [0.25, 0.3) is 5.71 Å². The molecule has 1 aliphatic heterocycles. The van der Waals surface area contributed by atoms with Gasteiger partial charge in [-0.1, -0.05) is 60.7 Å². The second-order valence-electron chi connectivity index (χ2n) is 4.62. The fourth-order valence-electron chi connectivity index (χ4n) is 2.61. The van der Waals surface area contributed by atoms with Gasteiger partial charge in [-0.25, -0.2) is 0 Å². The molecule has 2 aromatic rings. The lowest BCUT2D eigenvalue weighted by atomic mass is 9.86. The second kappa shape index (κ2) is 4.73. The lowest BCUT2D eigenvalue weighted by Crippen LogP contribution is -2.31. The van der Waals surface area contributed by atoms with E-state index in [0.717, 1.165) is 11.1 Å². The zero-order valence-corrected chi connectivity index (χ0v) is 11.8. The van der Waals surface area contributed by atoms with Crippen molar-refractivity contribution >= 4 is 13.7 Å². The normalized spacial score (nSPS) is 18.9. The first-order valence-corrected chi connectivity index (χ1v) is 7.43. The Morgan fingerprint density at radius 3 is 1.80 bits per heavy atom. The monoisotopic (exact) mass is 286 g/mol. The molecule has 20 heavy (non-hydrogen) atoms. The molecule has 0 radical (unpaired) electrons. The van der Waals surface area contributed by atoms with Crippen LogP contribution in [0.5, 0.6) is 0 Å². The average Bonchev–Trinajstić information content (AvgIpc) is 2.72. The van der Waals surface area contributed by atoms with Gasteiger partial charge in [0, 0.05) is 18.1 Å². The zero-order valence-electron chi connectivity index (χ0n) is 10.9. The van der Waals surface area contributed by atoms with E-state index in [2.05, 4.69) is 0 Å². The maximum absolute atomic E-state index is 12.6. The lowest BCUT2D eigenvalue weighted by molar-refractivity contribution is -0.690. The van der Waals surface area contributed by atoms with Crippen molar-refractivity contribution in [3.8, 4) is 0 Å². The summed E-state index contributed by atoms with van der Waals surface area (Å²) in [5, 5.41) is 10.8. The van der Waals surface area contributed by atoms with E-state index in [1.165, 1.54) is 0 Å². The fraction of sp³-hybridized carbons (Fsp3) is 0.133. The van der Waals surface area contributed by atoms with Crippen molar-refractivity contribution in [1.82, 2.24) is 0 Å². The fourth-order valence-corrected chi connectivity index (χ4v) is 4.05. The van der Waals surface area contributed by atoms with Crippen LogP contribution in [0.4, 0.5) is 0 Å². The molecule has 100 valence electrons. The summed E-state index contributed by atoms with van der Waals surface area (Å²) in [6, 6.07) is 18.7. The van der Waals surface area contributed by atoms with E-state index in [1.54, 1.807) is 6.92 Å². The smallest absolute Gasteiger partial charge is 0.257 e. The Kier molecular flexibility index (Phi) is 3.03. The Hall–Kier alpha value is -2.19. The number of hydrogen-bond acceptors (Lipinski definition) is 3. The van der Waals surface area contributed by atoms with E-state index >= 15 is 0 Å². The van der Waals surface area contributed by atoms with Crippen molar-refractivity contribution in [2.45, 2.75) is 12.1 Å². The van der Waals surface area contributed by atoms with Gasteiger partial charge in [-0.15, -0.1) is 0 Å². The second-order valence-corrected chi connectivity index (χ2v) is 5.97. The van der Waals surface area contributed by atoms with E-state index in [0.29, 0.717) is 10.6 Å². The first-order valence-electron chi connectivity index (χ1n) is 6.25. The number of nitrogens with zero attached hydrogens (tertiary/aromatic N) is 1. The van der Waals surface area contributed by atoms with E-state index in [4.69, 9.17) is 4.62 Å². The van der Waals surface area contributed by atoms with Gasteiger partial charge in [0.2, 0.25) is 0 Å². The van der Waals surface area contributed by atoms with Crippen molar-refractivity contribution in [3.63, 3.8) is 0 Å². The van der Waals surface area contributed by atoms with Gasteiger partial charge < -0.3 is 0 Å². The molecule has 0 N–H and O–H groups in total. The highest BCUT2D eigenvalue weighted by Crippen LogP contribution is 2.57. The Morgan fingerprint density at radius 2 is 1.45 bits per heavy atom. The predicted molar refractivity (Wildman–Crippen MR) is 76.7 cm³/mol. The van der Waals surface area contributed by atoms with E-state index in [1.807, 2.05) is 60.7 Å². The SMILES string of the molecule is CC1=[N+]([O-])O[P+](=O)C1(c1ccccc1)c1ccccc1. The van der Waals surface area contributed by atoms with Crippen LogP contribution >= 0.6 is 8.03 Å². The van der Waals surface area contributed by atoms with Crippen molar-refractivity contribution < 1.29 is 14.1 Å². The third-order valence-corrected chi connectivity index (χ3v) is 5.29. The third-order valence-electron chi connectivity index (χ3n) is 3.60. The first-order chi connectivity index (χ1) is 9.67. The van der Waals surface area contributed by atoms with Gasteiger partial charge in [0.15, 0.2) is 0 Å². The zero-order chi connectivity index (χ0) is 14.2. The van der Waals surface area contributed by atoms with Crippen molar-refractivity contribution in [2.75, 3.05) is 0 Å². The van der Waals surface area contributed by atoms with Crippen LogP contribution in [0, 0.1) is 5.21 Å². The maximum Gasteiger partial charge on any atom is 0.543 e. The summed E-state index contributed by atoms with van der Waals surface area (Å²) >= 11 is 0. The van der Waals surface area contributed by atoms with Crippen LogP contribution in [0.1, 0.15) is 18.1 Å². The number of benzene rings is 2. The van der Waals surface area contributed by atoms with Crippen molar-refractivity contribution in [1.29, 1.82) is 0 Å². The molecular weight excluding hydrogens is 273 g/mol. The highest BCUT2D eigenvalue weighted by molar-refractivity contribution is 7.42. The van der Waals surface area contributed by atoms with Crippen LogP contribution in [0.25, 0.3) is 0 Å². The Morgan fingerprint density at radius 1 is 1.00 bits per heavy atom. The largest absolute Gasteiger partial charge is 0.543 e. The standard InChI is InChI=1S/C15H13NO3P/c1-12-15(20(18)19-16(12)17,13-8-4-2-5-9-13)14-10-6-3-7-11-14/h2-11H,1H3/q+1. The van der Waals surface area contributed by atoms with Crippen LogP contribution in [0.2, 0.25) is 0 Å². The molecule has 0 bridgehead atoms. The molecular formula is C15H13NO3P+. The quantitative estimate of drug-likeness (QED) is 0.626. The van der Waals surface area contributed by atoms with Crippen LogP contribution in [0.15, 0.2) is 60.7 Å². The molecule has 0 saturated carbocycles. The van der Waals surface area contributed by atoms with Gasteiger partial charge in [0.1, 0.15) is 0 Å². The molecule has 0 fully saturated rings. The molecule has 5 heteroatoms. The van der Waals surface area contributed by atoms with Gasteiger partial charge in [0.05, 0.1) is 4.90 Å². The lowest BCUT2D eigenvalue weighted by Gasteiger charge is -2.16. The Labute approximate surface area is 117 Å². The molecule has 4 nitrogen and oxygen atoms in total. The predicted octanol–water partition coefficient (Wildman–Crippen LogP) is 3.59. The van der Waals surface area contributed by atoms with Gasteiger partial charge >= 0.3 is 13.2 Å². The molecule has 3 rings (SSSR count). The summed E-state index contributed by atoms with van der Waals surface area (Å²) in [7, 11) is -2.22. The Bertz CT molecular complexity index is 643. The molecule has 1 atom stereocenters. The number of hydrogen-bond donors (Lipinski definition) is 0. The molecule has 0 amide bonds. The molecule has 0 saturated heterocycles. The van der Waals surface area contributed by atoms with E-state index < -0.39 is 13.2 Å². The summed E-state index contributed by atoms with van der Waals surface area (Å²) in [5.74, 6) is 0. The molecule has 0 spiro atoms. The third kappa shape index (κ3) is 1.65. The summed E-state index contributed by atoms with van der Waals surface area (Å²) in [4.78, 5) is 0.374. The van der Waals surface area contributed by atoms with E-state index in [-0.39, 0.29) is 0 Å². The molecule has 1 heterocycles. The van der Waals surface area contributed by atoms with Gasteiger partial charge in [-0.05, 0) is 4.57 Å². The van der Waals surface area contributed by atoms with Crippen LogP contribution < -0.4 is 0 Å². The minimum absolute atomic E-state index is 0.374. The summed E-state index contributed by atoms with van der Waals surface area (Å²) < 4.78 is 17.5. The Balaban J connectivity index is 2.33. The van der Waals surface area contributed by atoms with Crippen LogP contribution in [-0.2, 0) is 14.3 Å². The minimum Gasteiger partial charge on any atom is -0.257 e. The molecule has 2 aromatic carbocycles. The highest BCUT2D eigenvalue weighted by Gasteiger charge is 2.66. The van der Waals surface area contributed by atoms with Gasteiger partial charge in [-0.2, -0.15) is 4.62 Å². The van der Waals surface area contributed by atoms with Crippen LogP contribution in [0.3, 0.4) is 0 Å². The van der Waals surface area contributed by atoms with Crippen molar-refractivity contribution in [3.05, 3.63) is 77.0 Å². The molecule has 0 aromatic heterocycles. The number of rotatable bonds is 2. The first kappa shape index (κ1) is 12.8. The van der Waals surface area contributed by atoms with Gasteiger partial charge in [-0.3, -0.25) is 5.21 Å². The van der Waals surface area contributed by atoms with Crippen LogP contribution in [-0.4, -0.2) is 10.6 Å². The van der Waals surface area contributed by atoms with Crippen molar-refractivity contribution in [2.24, 2.45) is 0 Å². The highest BCUT2D eigenvalue weighted by atomic mass is 31.1. The summed E-state index contributed by atoms with van der Waals surface area (Å²) in [6.07, 6.45) is 0.